The number of tetrazole rings is 1. The smallest absolute Gasteiger partial charge is 0.252 e. The highest BCUT2D eigenvalue weighted by Gasteiger charge is 2.20. The number of nitrogens with zero attached hydrogens (tertiary/aromatic N) is 4. The molecule has 1 amide bonds. The zero-order valence-corrected chi connectivity index (χ0v) is 14.0. The minimum atomic E-state index is -0.308. The van der Waals surface area contributed by atoms with Gasteiger partial charge in [-0.2, -0.15) is 4.68 Å². The SMILES string of the molecule is Cc1cc(C(=O)N[C@H](C)c2nnnn2-c2ccccc2)c(C)s1. The second-order valence-electron chi connectivity index (χ2n) is 5.31. The molecule has 0 saturated heterocycles. The number of hydrogen-bond donors (Lipinski definition) is 1. The van der Waals surface area contributed by atoms with Crippen molar-refractivity contribution in [3.63, 3.8) is 0 Å². The van der Waals surface area contributed by atoms with Gasteiger partial charge in [0.05, 0.1) is 17.3 Å². The van der Waals surface area contributed by atoms with Crippen LogP contribution in [0.3, 0.4) is 0 Å². The molecule has 0 unspecified atom stereocenters. The third-order valence-electron chi connectivity index (χ3n) is 3.51. The standard InChI is InChI=1S/C16H17N5OS/c1-10-9-14(12(3)23-10)16(22)17-11(2)15-18-19-20-21(15)13-7-5-4-6-8-13/h4-9,11H,1-3H3,(H,17,22)/t11-/m1/s1. The minimum absolute atomic E-state index is 0.109. The number of rotatable bonds is 4. The van der Waals surface area contributed by atoms with E-state index in [-0.39, 0.29) is 11.9 Å². The molecule has 3 aromatic rings. The Morgan fingerprint density at radius 1 is 1.26 bits per heavy atom. The van der Waals surface area contributed by atoms with Gasteiger partial charge in [0, 0.05) is 9.75 Å². The van der Waals surface area contributed by atoms with Crippen molar-refractivity contribution in [2.75, 3.05) is 0 Å². The van der Waals surface area contributed by atoms with Crippen molar-refractivity contribution in [1.29, 1.82) is 0 Å². The summed E-state index contributed by atoms with van der Waals surface area (Å²) in [4.78, 5) is 14.6. The van der Waals surface area contributed by atoms with Crippen molar-refractivity contribution in [1.82, 2.24) is 25.5 Å². The van der Waals surface area contributed by atoms with Crippen molar-refractivity contribution in [3.8, 4) is 5.69 Å². The lowest BCUT2D eigenvalue weighted by Crippen LogP contribution is -2.28. The second kappa shape index (κ2) is 6.29. The van der Waals surface area contributed by atoms with Gasteiger partial charge in [-0.1, -0.05) is 18.2 Å². The van der Waals surface area contributed by atoms with Gasteiger partial charge >= 0.3 is 0 Å². The van der Waals surface area contributed by atoms with E-state index in [0.29, 0.717) is 11.4 Å². The largest absolute Gasteiger partial charge is 0.342 e. The summed E-state index contributed by atoms with van der Waals surface area (Å²) in [5.41, 5.74) is 1.56. The van der Waals surface area contributed by atoms with E-state index < -0.39 is 0 Å². The number of hydrogen-bond acceptors (Lipinski definition) is 5. The molecule has 2 aromatic heterocycles. The molecule has 0 aliphatic carbocycles. The number of thiophene rings is 1. The molecule has 6 nitrogen and oxygen atoms in total. The molecular weight excluding hydrogens is 310 g/mol. The molecule has 7 heteroatoms. The molecule has 1 aromatic carbocycles. The van der Waals surface area contributed by atoms with Crippen molar-refractivity contribution < 1.29 is 4.79 Å². The Hall–Kier alpha value is -2.54. The van der Waals surface area contributed by atoms with E-state index in [0.717, 1.165) is 15.4 Å². The first-order valence-corrected chi connectivity index (χ1v) is 8.09. The predicted molar refractivity (Wildman–Crippen MR) is 88.8 cm³/mol. The highest BCUT2D eigenvalue weighted by molar-refractivity contribution is 7.12. The van der Waals surface area contributed by atoms with Gasteiger partial charge in [-0.25, -0.2) is 0 Å². The monoisotopic (exact) mass is 327 g/mol. The van der Waals surface area contributed by atoms with Gasteiger partial charge in [0.2, 0.25) is 0 Å². The van der Waals surface area contributed by atoms with E-state index in [4.69, 9.17) is 0 Å². The summed E-state index contributed by atoms with van der Waals surface area (Å²) in [5.74, 6) is 0.483. The summed E-state index contributed by atoms with van der Waals surface area (Å²) in [6.45, 7) is 5.82. The lowest BCUT2D eigenvalue weighted by Gasteiger charge is -2.13. The van der Waals surface area contributed by atoms with Gasteiger partial charge < -0.3 is 5.32 Å². The molecule has 1 N–H and O–H groups in total. The van der Waals surface area contributed by atoms with Gasteiger partial charge in [0.1, 0.15) is 0 Å². The van der Waals surface area contributed by atoms with Crippen molar-refractivity contribution in [2.45, 2.75) is 26.8 Å². The molecule has 0 bridgehead atoms. The number of aromatic nitrogens is 4. The van der Waals surface area contributed by atoms with Crippen LogP contribution in [0.1, 0.15) is 38.9 Å². The molecule has 0 spiro atoms. The van der Waals surface area contributed by atoms with Gasteiger partial charge in [0.25, 0.3) is 5.91 Å². The topological polar surface area (TPSA) is 72.7 Å². The highest BCUT2D eigenvalue weighted by Crippen LogP contribution is 2.21. The Morgan fingerprint density at radius 2 is 2.00 bits per heavy atom. The van der Waals surface area contributed by atoms with Crippen molar-refractivity contribution >= 4 is 17.2 Å². The zero-order chi connectivity index (χ0) is 16.4. The molecule has 0 radical (unpaired) electrons. The number of nitrogens with one attached hydrogen (secondary N) is 1. The van der Waals surface area contributed by atoms with Crippen LogP contribution in [0.2, 0.25) is 0 Å². The van der Waals surface area contributed by atoms with Gasteiger partial charge in [-0.15, -0.1) is 16.4 Å². The molecule has 3 rings (SSSR count). The van der Waals surface area contributed by atoms with E-state index in [2.05, 4.69) is 20.8 Å². The maximum Gasteiger partial charge on any atom is 0.252 e. The Labute approximate surface area is 138 Å². The number of carbonyl (C=O) groups excluding carboxylic acids is 1. The molecule has 23 heavy (non-hydrogen) atoms. The predicted octanol–water partition coefficient (Wildman–Crippen LogP) is 2.83. The van der Waals surface area contributed by atoms with Crippen LogP contribution >= 0.6 is 11.3 Å². The van der Waals surface area contributed by atoms with E-state index in [9.17, 15) is 4.79 Å². The summed E-state index contributed by atoms with van der Waals surface area (Å²) in [7, 11) is 0. The Kier molecular flexibility index (Phi) is 4.20. The third-order valence-corrected chi connectivity index (χ3v) is 4.48. The first-order chi connectivity index (χ1) is 11.1. The van der Waals surface area contributed by atoms with E-state index >= 15 is 0 Å². The fourth-order valence-electron chi connectivity index (χ4n) is 2.41. The first kappa shape index (κ1) is 15.4. The number of amides is 1. The fourth-order valence-corrected chi connectivity index (χ4v) is 3.33. The number of carbonyl (C=O) groups is 1. The van der Waals surface area contributed by atoms with Crippen LogP contribution in [0.4, 0.5) is 0 Å². The maximum absolute atomic E-state index is 12.4. The number of aryl methyl sites for hydroxylation is 2. The molecule has 1 atom stereocenters. The average Bonchev–Trinajstić information content (AvgIpc) is 3.14. The van der Waals surface area contributed by atoms with Crippen molar-refractivity contribution in [3.05, 3.63) is 57.5 Å². The summed E-state index contributed by atoms with van der Waals surface area (Å²) >= 11 is 1.62. The lowest BCUT2D eigenvalue weighted by molar-refractivity contribution is 0.0937. The van der Waals surface area contributed by atoms with Crippen molar-refractivity contribution in [2.24, 2.45) is 0 Å². The van der Waals surface area contributed by atoms with Crippen LogP contribution in [0.15, 0.2) is 36.4 Å². The highest BCUT2D eigenvalue weighted by atomic mass is 32.1. The van der Waals surface area contributed by atoms with Crippen LogP contribution in [0, 0.1) is 13.8 Å². The average molecular weight is 327 g/mol. The zero-order valence-electron chi connectivity index (χ0n) is 13.1. The molecule has 0 aliphatic rings. The Bertz CT molecular complexity index is 824. The minimum Gasteiger partial charge on any atom is -0.342 e. The van der Waals surface area contributed by atoms with Crippen LogP contribution in [0.5, 0.6) is 0 Å². The van der Waals surface area contributed by atoms with E-state index in [1.54, 1.807) is 16.0 Å². The van der Waals surface area contributed by atoms with Crippen LogP contribution in [-0.4, -0.2) is 26.1 Å². The molecule has 0 saturated carbocycles. The summed E-state index contributed by atoms with van der Waals surface area (Å²) in [6.07, 6.45) is 0. The third kappa shape index (κ3) is 3.14. The molecule has 2 heterocycles. The quantitative estimate of drug-likeness (QED) is 0.800. The number of para-hydroxylation sites is 1. The summed E-state index contributed by atoms with van der Waals surface area (Å²) < 4.78 is 1.64. The molecule has 118 valence electrons. The second-order valence-corrected chi connectivity index (χ2v) is 6.77. The van der Waals surface area contributed by atoms with Crippen LogP contribution in [-0.2, 0) is 0 Å². The Balaban J connectivity index is 1.82. The maximum atomic E-state index is 12.4. The molecule has 0 aliphatic heterocycles. The molecular formula is C16H17N5OS. The van der Waals surface area contributed by atoms with Crippen LogP contribution in [0.25, 0.3) is 5.69 Å². The van der Waals surface area contributed by atoms with E-state index in [1.165, 1.54) is 0 Å². The molecule has 0 fully saturated rings. The van der Waals surface area contributed by atoms with Gasteiger partial charge in [-0.3, -0.25) is 4.79 Å². The Morgan fingerprint density at radius 3 is 2.65 bits per heavy atom. The summed E-state index contributed by atoms with van der Waals surface area (Å²) in [6, 6.07) is 11.2. The van der Waals surface area contributed by atoms with Crippen LogP contribution < -0.4 is 5.32 Å². The van der Waals surface area contributed by atoms with Gasteiger partial charge in [-0.05, 0) is 49.4 Å². The summed E-state index contributed by atoms with van der Waals surface area (Å²) in [5, 5.41) is 14.8. The fraction of sp³-hybridized carbons (Fsp3) is 0.250. The first-order valence-electron chi connectivity index (χ1n) is 7.28. The van der Waals surface area contributed by atoms with E-state index in [1.807, 2.05) is 57.2 Å². The van der Waals surface area contributed by atoms with Gasteiger partial charge in [0.15, 0.2) is 5.82 Å². The normalized spacial score (nSPS) is 12.1. The lowest BCUT2D eigenvalue weighted by atomic mass is 10.2. The number of benzene rings is 1.